The number of carbonyl (C=O) groups excluding carboxylic acids is 1. The second-order valence-corrected chi connectivity index (χ2v) is 5.27. The van der Waals surface area contributed by atoms with Crippen molar-refractivity contribution in [1.29, 1.82) is 0 Å². The molecular formula is C16H20O8. The van der Waals surface area contributed by atoms with Gasteiger partial charge in [0.05, 0.1) is 7.11 Å². The lowest BCUT2D eigenvalue weighted by atomic mass is 9.99. The third-order valence-electron chi connectivity index (χ3n) is 3.60. The molecule has 0 unspecified atom stereocenters. The van der Waals surface area contributed by atoms with Gasteiger partial charge < -0.3 is 34.6 Å². The molecule has 1 fully saturated rings. The van der Waals surface area contributed by atoms with Crippen LogP contribution in [0.2, 0.25) is 0 Å². The zero-order valence-electron chi connectivity index (χ0n) is 13.0. The maximum atomic E-state index is 11.7. The number of hydrogen-bond acceptors (Lipinski definition) is 8. The molecule has 0 aliphatic carbocycles. The molecule has 4 N–H and O–H groups in total. The second kappa shape index (κ2) is 8.22. The van der Waals surface area contributed by atoms with E-state index in [1.54, 1.807) is 31.4 Å². The minimum Gasteiger partial charge on any atom is -0.497 e. The van der Waals surface area contributed by atoms with Crippen LogP contribution >= 0.6 is 0 Å². The van der Waals surface area contributed by atoms with Gasteiger partial charge in [0.25, 0.3) is 0 Å². The molecular weight excluding hydrogens is 320 g/mol. The van der Waals surface area contributed by atoms with Gasteiger partial charge in [-0.3, -0.25) is 0 Å². The molecule has 1 aliphatic rings. The van der Waals surface area contributed by atoms with E-state index >= 15 is 0 Å². The van der Waals surface area contributed by atoms with Gasteiger partial charge in [0.2, 0.25) is 0 Å². The molecule has 1 saturated heterocycles. The quantitative estimate of drug-likeness (QED) is 0.399. The van der Waals surface area contributed by atoms with E-state index in [-0.39, 0.29) is 6.61 Å². The number of aliphatic hydroxyl groups is 4. The Kier molecular flexibility index (Phi) is 6.29. The number of methoxy groups -OCH3 is 1. The molecule has 8 heteroatoms. The topological polar surface area (TPSA) is 126 Å². The molecule has 24 heavy (non-hydrogen) atoms. The van der Waals surface area contributed by atoms with Gasteiger partial charge in [-0.05, 0) is 23.8 Å². The van der Waals surface area contributed by atoms with Crippen molar-refractivity contribution in [2.45, 2.75) is 30.7 Å². The highest BCUT2D eigenvalue weighted by Gasteiger charge is 2.43. The Balaban J connectivity index is 1.85. The van der Waals surface area contributed by atoms with Gasteiger partial charge in [0, 0.05) is 6.08 Å². The predicted molar refractivity (Wildman–Crippen MR) is 81.9 cm³/mol. The van der Waals surface area contributed by atoms with E-state index in [0.717, 1.165) is 5.56 Å². The first kappa shape index (κ1) is 18.4. The molecule has 0 saturated carbocycles. The first-order valence-corrected chi connectivity index (χ1v) is 7.29. The molecule has 0 spiro atoms. The fourth-order valence-corrected chi connectivity index (χ4v) is 2.16. The Morgan fingerprint density at radius 2 is 1.79 bits per heavy atom. The summed E-state index contributed by atoms with van der Waals surface area (Å²) in [4.78, 5) is 11.7. The fourth-order valence-electron chi connectivity index (χ4n) is 2.16. The average molecular weight is 340 g/mol. The van der Waals surface area contributed by atoms with E-state index in [1.807, 2.05) is 0 Å². The zero-order chi connectivity index (χ0) is 17.7. The van der Waals surface area contributed by atoms with Crippen LogP contribution in [0.1, 0.15) is 5.56 Å². The third-order valence-corrected chi connectivity index (χ3v) is 3.60. The Morgan fingerprint density at radius 3 is 2.42 bits per heavy atom. The van der Waals surface area contributed by atoms with E-state index in [0.29, 0.717) is 5.75 Å². The van der Waals surface area contributed by atoms with Gasteiger partial charge in [-0.25, -0.2) is 4.79 Å². The lowest BCUT2D eigenvalue weighted by molar-refractivity contribution is -0.287. The Bertz CT molecular complexity index is 570. The molecule has 8 nitrogen and oxygen atoms in total. The summed E-state index contributed by atoms with van der Waals surface area (Å²) < 4.78 is 14.8. The Labute approximate surface area is 138 Å². The molecule has 5 atom stereocenters. The number of hydrogen-bond donors (Lipinski definition) is 4. The van der Waals surface area contributed by atoms with Gasteiger partial charge in [-0.1, -0.05) is 12.1 Å². The van der Waals surface area contributed by atoms with Gasteiger partial charge in [-0.2, -0.15) is 0 Å². The van der Waals surface area contributed by atoms with Crippen LogP contribution in [0.3, 0.4) is 0 Å². The molecule has 1 aromatic rings. The minimum absolute atomic E-state index is 0.381. The predicted octanol–water partition coefficient (Wildman–Crippen LogP) is -0.949. The summed E-state index contributed by atoms with van der Waals surface area (Å²) >= 11 is 0. The normalized spacial score (nSPS) is 30.3. The molecule has 0 amide bonds. The largest absolute Gasteiger partial charge is 0.497 e. The summed E-state index contributed by atoms with van der Waals surface area (Å²) in [5.74, 6) is 0.00850. The highest BCUT2D eigenvalue weighted by Crippen LogP contribution is 2.20. The van der Waals surface area contributed by atoms with Crippen molar-refractivity contribution < 1.29 is 39.4 Å². The van der Waals surface area contributed by atoms with Gasteiger partial charge in [0.15, 0.2) is 6.29 Å². The number of esters is 1. The van der Waals surface area contributed by atoms with Crippen molar-refractivity contribution >= 4 is 12.0 Å². The second-order valence-electron chi connectivity index (χ2n) is 5.27. The molecule has 1 aromatic carbocycles. The number of aliphatic hydroxyl groups excluding tert-OH is 4. The first-order chi connectivity index (χ1) is 11.4. The van der Waals surface area contributed by atoms with Crippen LogP contribution in [0.15, 0.2) is 30.3 Å². The average Bonchev–Trinajstić information content (AvgIpc) is 2.60. The summed E-state index contributed by atoms with van der Waals surface area (Å²) in [6.07, 6.45) is -4.78. The Hall–Kier alpha value is -1.97. The fraction of sp³-hybridized carbons (Fsp3) is 0.438. The van der Waals surface area contributed by atoms with Crippen molar-refractivity contribution in [1.82, 2.24) is 0 Å². The summed E-state index contributed by atoms with van der Waals surface area (Å²) in [6, 6.07) is 6.99. The standard InChI is InChI=1S/C16H20O8/c1-22-10-5-2-9(3-6-10)4-7-12(17)23-8-11-13(18)14(19)15(20)16(21)24-11/h2-7,11,13-16,18-21H,8H2,1H3/t11-,13-,14+,15-,16-/m1/s1. The van der Waals surface area contributed by atoms with Crippen LogP contribution in [0.25, 0.3) is 6.08 Å². The summed E-state index contributed by atoms with van der Waals surface area (Å²) in [7, 11) is 1.55. The molecule has 1 aliphatic heterocycles. The van der Waals surface area contributed by atoms with Crippen LogP contribution in [0.5, 0.6) is 5.75 Å². The van der Waals surface area contributed by atoms with E-state index in [2.05, 4.69) is 0 Å². The summed E-state index contributed by atoms with van der Waals surface area (Å²) in [5, 5.41) is 38.0. The van der Waals surface area contributed by atoms with Crippen molar-refractivity contribution in [3.8, 4) is 5.75 Å². The van der Waals surface area contributed by atoms with Crippen LogP contribution < -0.4 is 4.74 Å². The molecule has 1 heterocycles. The highest BCUT2D eigenvalue weighted by atomic mass is 16.6. The smallest absolute Gasteiger partial charge is 0.330 e. The minimum atomic E-state index is -1.66. The zero-order valence-corrected chi connectivity index (χ0v) is 13.0. The SMILES string of the molecule is COc1ccc(C=CC(=O)OC[C@H]2O[C@@H](O)[C@H](O)[C@@H](O)[C@@H]2O)cc1. The van der Waals surface area contributed by atoms with E-state index in [4.69, 9.17) is 14.2 Å². The van der Waals surface area contributed by atoms with Crippen LogP contribution in [-0.4, -0.2) is 70.8 Å². The number of benzene rings is 1. The lowest BCUT2D eigenvalue weighted by Crippen LogP contribution is -2.58. The van der Waals surface area contributed by atoms with Crippen LogP contribution in [0.4, 0.5) is 0 Å². The van der Waals surface area contributed by atoms with Gasteiger partial charge in [-0.15, -0.1) is 0 Å². The van der Waals surface area contributed by atoms with E-state index in [1.165, 1.54) is 12.2 Å². The van der Waals surface area contributed by atoms with Gasteiger partial charge >= 0.3 is 5.97 Å². The number of carbonyl (C=O) groups is 1. The number of rotatable bonds is 5. The monoisotopic (exact) mass is 340 g/mol. The molecule has 132 valence electrons. The maximum Gasteiger partial charge on any atom is 0.330 e. The van der Waals surface area contributed by atoms with Gasteiger partial charge in [0.1, 0.15) is 36.8 Å². The summed E-state index contributed by atoms with van der Waals surface area (Å²) in [6.45, 7) is -0.381. The highest BCUT2D eigenvalue weighted by molar-refractivity contribution is 5.87. The van der Waals surface area contributed by atoms with E-state index in [9.17, 15) is 25.2 Å². The van der Waals surface area contributed by atoms with E-state index < -0.39 is 36.7 Å². The van der Waals surface area contributed by atoms with Crippen LogP contribution in [0, 0.1) is 0 Å². The third kappa shape index (κ3) is 4.53. The van der Waals surface area contributed by atoms with Crippen molar-refractivity contribution in [3.05, 3.63) is 35.9 Å². The Morgan fingerprint density at radius 1 is 1.12 bits per heavy atom. The van der Waals surface area contributed by atoms with Crippen LogP contribution in [-0.2, 0) is 14.3 Å². The molecule has 0 radical (unpaired) electrons. The maximum absolute atomic E-state index is 11.7. The summed E-state index contributed by atoms with van der Waals surface area (Å²) in [5.41, 5.74) is 0.760. The molecule has 0 aromatic heterocycles. The van der Waals surface area contributed by atoms with Crippen molar-refractivity contribution in [3.63, 3.8) is 0 Å². The lowest BCUT2D eigenvalue weighted by Gasteiger charge is -2.37. The van der Waals surface area contributed by atoms with Crippen molar-refractivity contribution in [2.24, 2.45) is 0 Å². The number of ether oxygens (including phenoxy) is 3. The molecule has 0 bridgehead atoms. The first-order valence-electron chi connectivity index (χ1n) is 7.29. The van der Waals surface area contributed by atoms with Crippen molar-refractivity contribution in [2.75, 3.05) is 13.7 Å². The molecule has 2 rings (SSSR count).